The standard InChI is InChI=1S/C17H20N4O2S/c22-15(11-21-8-9-24-17(21)23)20-7-3-4-12(10-20)16-18-13-5-1-2-6-14(13)19-16/h1-2,5-6,12H,3-4,7-11H2,(H,18,19)/t12-/m1/s1. The van der Waals surface area contributed by atoms with Crippen LogP contribution in [0.2, 0.25) is 0 Å². The van der Waals surface area contributed by atoms with Crippen LogP contribution in [0.4, 0.5) is 4.79 Å². The number of aromatic nitrogens is 2. The second-order valence-corrected chi connectivity index (χ2v) is 7.40. The molecule has 0 spiro atoms. The van der Waals surface area contributed by atoms with E-state index in [1.807, 2.05) is 29.2 Å². The van der Waals surface area contributed by atoms with Gasteiger partial charge in [0.1, 0.15) is 12.4 Å². The van der Waals surface area contributed by atoms with Crippen LogP contribution in [0.1, 0.15) is 24.6 Å². The topological polar surface area (TPSA) is 69.3 Å². The van der Waals surface area contributed by atoms with Crippen molar-refractivity contribution in [1.82, 2.24) is 19.8 Å². The van der Waals surface area contributed by atoms with Crippen LogP contribution in [0.15, 0.2) is 24.3 Å². The number of benzene rings is 1. The number of H-pyrrole nitrogens is 1. The zero-order valence-corrected chi connectivity index (χ0v) is 14.2. The van der Waals surface area contributed by atoms with Crippen molar-refractivity contribution < 1.29 is 9.59 Å². The molecule has 0 radical (unpaired) electrons. The van der Waals surface area contributed by atoms with Gasteiger partial charge in [0.05, 0.1) is 11.0 Å². The molecule has 0 unspecified atom stereocenters. The molecule has 2 saturated heterocycles. The number of hydrogen-bond acceptors (Lipinski definition) is 4. The lowest BCUT2D eigenvalue weighted by Gasteiger charge is -2.32. The number of piperidine rings is 1. The van der Waals surface area contributed by atoms with Gasteiger partial charge in [-0.2, -0.15) is 0 Å². The minimum Gasteiger partial charge on any atom is -0.342 e. The van der Waals surface area contributed by atoms with Gasteiger partial charge in [-0.15, -0.1) is 0 Å². The van der Waals surface area contributed by atoms with Gasteiger partial charge in [0, 0.05) is 31.3 Å². The second-order valence-electron chi connectivity index (χ2n) is 6.35. The second kappa shape index (κ2) is 6.47. The lowest BCUT2D eigenvalue weighted by molar-refractivity contribution is -0.132. The molecule has 3 heterocycles. The van der Waals surface area contributed by atoms with E-state index in [4.69, 9.17) is 0 Å². The van der Waals surface area contributed by atoms with Gasteiger partial charge in [-0.25, -0.2) is 4.98 Å². The van der Waals surface area contributed by atoms with Crippen molar-refractivity contribution in [3.8, 4) is 0 Å². The highest BCUT2D eigenvalue weighted by atomic mass is 32.2. The SMILES string of the molecule is O=C(CN1CCSC1=O)N1CCC[C@@H](c2nc3ccccc3[nH]2)C1. The molecule has 1 aromatic heterocycles. The first kappa shape index (κ1) is 15.5. The Morgan fingerprint density at radius 1 is 1.33 bits per heavy atom. The first-order valence-corrected chi connectivity index (χ1v) is 9.33. The Labute approximate surface area is 144 Å². The van der Waals surface area contributed by atoms with Crippen LogP contribution in [0.5, 0.6) is 0 Å². The molecule has 126 valence electrons. The van der Waals surface area contributed by atoms with Gasteiger partial charge in [0.15, 0.2) is 0 Å². The van der Waals surface area contributed by atoms with E-state index in [-0.39, 0.29) is 23.6 Å². The zero-order chi connectivity index (χ0) is 16.5. The average molecular weight is 344 g/mol. The van der Waals surface area contributed by atoms with Crippen LogP contribution >= 0.6 is 11.8 Å². The number of carbonyl (C=O) groups is 2. The highest BCUT2D eigenvalue weighted by Crippen LogP contribution is 2.27. The summed E-state index contributed by atoms with van der Waals surface area (Å²) < 4.78 is 0. The molecular formula is C17H20N4O2S. The van der Waals surface area contributed by atoms with Crippen molar-refractivity contribution in [3.63, 3.8) is 0 Å². The normalized spacial score (nSPS) is 21.7. The fraction of sp³-hybridized carbons (Fsp3) is 0.471. The fourth-order valence-corrected chi connectivity index (χ4v) is 4.25. The van der Waals surface area contributed by atoms with Crippen molar-refractivity contribution in [1.29, 1.82) is 0 Å². The van der Waals surface area contributed by atoms with Crippen LogP contribution in [-0.2, 0) is 4.79 Å². The summed E-state index contributed by atoms with van der Waals surface area (Å²) in [5.74, 6) is 2.03. The number of thioether (sulfide) groups is 1. The average Bonchev–Trinajstić information content (AvgIpc) is 3.21. The first-order valence-electron chi connectivity index (χ1n) is 8.35. The van der Waals surface area contributed by atoms with Crippen LogP contribution in [0, 0.1) is 0 Å². The molecular weight excluding hydrogens is 324 g/mol. The largest absolute Gasteiger partial charge is 0.342 e. The van der Waals surface area contributed by atoms with Gasteiger partial charge in [0.25, 0.3) is 5.24 Å². The molecule has 0 aliphatic carbocycles. The smallest absolute Gasteiger partial charge is 0.282 e. The summed E-state index contributed by atoms with van der Waals surface area (Å²) in [6, 6.07) is 7.99. The monoisotopic (exact) mass is 344 g/mol. The Morgan fingerprint density at radius 2 is 2.21 bits per heavy atom. The molecule has 2 amide bonds. The lowest BCUT2D eigenvalue weighted by atomic mass is 9.97. The minimum atomic E-state index is 0.0224. The van der Waals surface area contributed by atoms with E-state index in [9.17, 15) is 9.59 Å². The summed E-state index contributed by atoms with van der Waals surface area (Å²) in [4.78, 5) is 35.8. The third-order valence-corrected chi connectivity index (χ3v) is 5.63. The number of carbonyl (C=O) groups excluding carboxylic acids is 2. The number of fused-ring (bicyclic) bond motifs is 1. The summed E-state index contributed by atoms with van der Waals surface area (Å²) in [7, 11) is 0. The molecule has 7 heteroatoms. The Hall–Kier alpha value is -2.02. The number of hydrogen-bond donors (Lipinski definition) is 1. The summed E-state index contributed by atoms with van der Waals surface area (Å²) in [5.41, 5.74) is 2.01. The summed E-state index contributed by atoms with van der Waals surface area (Å²) in [6.07, 6.45) is 2.00. The van der Waals surface area contributed by atoms with E-state index in [0.29, 0.717) is 13.1 Å². The molecule has 24 heavy (non-hydrogen) atoms. The third-order valence-electron chi connectivity index (χ3n) is 4.74. The molecule has 2 aliphatic rings. The Kier molecular flexibility index (Phi) is 4.18. The quantitative estimate of drug-likeness (QED) is 0.928. The molecule has 0 saturated carbocycles. The molecule has 6 nitrogen and oxygen atoms in total. The number of aromatic amines is 1. The van der Waals surface area contributed by atoms with Crippen molar-refractivity contribution >= 4 is 33.9 Å². The Morgan fingerprint density at radius 3 is 3.00 bits per heavy atom. The maximum atomic E-state index is 12.5. The molecule has 0 bridgehead atoms. The number of imidazole rings is 1. The maximum absolute atomic E-state index is 12.5. The van der Waals surface area contributed by atoms with Crippen LogP contribution in [-0.4, -0.2) is 62.8 Å². The van der Waals surface area contributed by atoms with Crippen molar-refractivity contribution in [2.24, 2.45) is 0 Å². The summed E-state index contributed by atoms with van der Waals surface area (Å²) in [5, 5.41) is 0.0224. The van der Waals surface area contributed by atoms with Gasteiger partial charge in [-0.05, 0) is 25.0 Å². The molecule has 2 aliphatic heterocycles. The van der Waals surface area contributed by atoms with Crippen molar-refractivity contribution in [2.75, 3.05) is 31.9 Å². The first-order chi connectivity index (χ1) is 11.7. The Balaban J connectivity index is 1.45. The van der Waals surface area contributed by atoms with E-state index >= 15 is 0 Å². The minimum absolute atomic E-state index is 0.0224. The van der Waals surface area contributed by atoms with Gasteiger partial charge in [-0.3, -0.25) is 9.59 Å². The van der Waals surface area contributed by atoms with E-state index in [2.05, 4.69) is 9.97 Å². The van der Waals surface area contributed by atoms with E-state index in [1.165, 1.54) is 11.8 Å². The maximum Gasteiger partial charge on any atom is 0.282 e. The third kappa shape index (κ3) is 3.00. The molecule has 2 fully saturated rings. The van der Waals surface area contributed by atoms with E-state index in [0.717, 1.165) is 42.0 Å². The number of rotatable bonds is 3. The molecule has 1 atom stereocenters. The van der Waals surface area contributed by atoms with Crippen LogP contribution < -0.4 is 0 Å². The van der Waals surface area contributed by atoms with E-state index in [1.54, 1.807) is 4.90 Å². The molecule has 1 aromatic carbocycles. The van der Waals surface area contributed by atoms with Gasteiger partial charge >= 0.3 is 0 Å². The zero-order valence-electron chi connectivity index (χ0n) is 13.4. The lowest BCUT2D eigenvalue weighted by Crippen LogP contribution is -2.44. The number of amides is 2. The van der Waals surface area contributed by atoms with Crippen molar-refractivity contribution in [3.05, 3.63) is 30.1 Å². The number of nitrogens with one attached hydrogen (secondary N) is 1. The summed E-state index contributed by atoms with van der Waals surface area (Å²) in [6.45, 7) is 2.33. The van der Waals surface area contributed by atoms with Crippen molar-refractivity contribution in [2.45, 2.75) is 18.8 Å². The number of para-hydroxylation sites is 2. The summed E-state index contributed by atoms with van der Waals surface area (Å²) >= 11 is 1.30. The Bertz CT molecular complexity index is 742. The number of likely N-dealkylation sites (tertiary alicyclic amines) is 1. The van der Waals surface area contributed by atoms with E-state index < -0.39 is 0 Å². The predicted molar refractivity (Wildman–Crippen MR) is 94.1 cm³/mol. The fourth-order valence-electron chi connectivity index (χ4n) is 3.43. The van der Waals surface area contributed by atoms with Gasteiger partial charge < -0.3 is 14.8 Å². The molecule has 1 N–H and O–H groups in total. The number of nitrogens with zero attached hydrogens (tertiary/aromatic N) is 3. The molecule has 2 aromatic rings. The van der Waals surface area contributed by atoms with Gasteiger partial charge in [-0.1, -0.05) is 23.9 Å². The highest BCUT2D eigenvalue weighted by Gasteiger charge is 2.30. The van der Waals surface area contributed by atoms with Crippen LogP contribution in [0.25, 0.3) is 11.0 Å². The highest BCUT2D eigenvalue weighted by molar-refractivity contribution is 8.13. The predicted octanol–water partition coefficient (Wildman–Crippen LogP) is 2.44. The van der Waals surface area contributed by atoms with Gasteiger partial charge in [0.2, 0.25) is 5.91 Å². The van der Waals surface area contributed by atoms with Crippen LogP contribution in [0.3, 0.4) is 0 Å². The molecule has 4 rings (SSSR count).